The molecule has 2 aliphatic rings. The number of hydrogen-bond donors (Lipinski definition) is 19. The van der Waals surface area contributed by atoms with E-state index >= 15 is 0 Å². The summed E-state index contributed by atoms with van der Waals surface area (Å²) >= 11 is 0.817. The molecule has 0 aliphatic carbocycles. The molecule has 25 N–H and O–H groups in total. The van der Waals surface area contributed by atoms with Crippen LogP contribution in [0.5, 0.6) is 5.75 Å². The average molecular weight is 1420 g/mol. The average Bonchev–Trinajstić information content (AvgIpc) is 1.62. The molecule has 2 saturated heterocycles. The number of fused-ring (bicyclic) bond motifs is 1. The number of carboxylic acids is 1. The third-order valence-corrected chi connectivity index (χ3v) is 16.7. The summed E-state index contributed by atoms with van der Waals surface area (Å²) in [5.41, 5.74) is 34.5. The van der Waals surface area contributed by atoms with Crippen LogP contribution in [-0.4, -0.2) is 221 Å². The lowest BCUT2D eigenvalue weighted by atomic mass is 10.00. The molecule has 0 bridgehead atoms. The summed E-state index contributed by atoms with van der Waals surface area (Å²) in [6.07, 6.45) is -0.743. The van der Waals surface area contributed by atoms with Crippen molar-refractivity contribution in [1.29, 1.82) is 0 Å². The number of phenolic OH excluding ortho intramolecular Hbond substituents is 1. The highest BCUT2D eigenvalue weighted by Crippen LogP contribution is 2.21. The molecule has 36 nitrogen and oxygen atoms in total. The fraction of sp³-hybridized carbons (Fsp3) is 0.556. The molecule has 13 amide bonds. The molecule has 2 aliphatic heterocycles. The van der Waals surface area contributed by atoms with Crippen molar-refractivity contribution in [2.45, 2.75) is 165 Å². The summed E-state index contributed by atoms with van der Waals surface area (Å²) in [5.74, 6) is -15.2. The van der Waals surface area contributed by atoms with Gasteiger partial charge >= 0.3 is 5.97 Å². The first-order chi connectivity index (χ1) is 47.4. The predicted molar refractivity (Wildman–Crippen MR) is 367 cm³/mol. The van der Waals surface area contributed by atoms with Crippen molar-refractivity contribution in [3.05, 3.63) is 65.7 Å². The summed E-state index contributed by atoms with van der Waals surface area (Å²) in [5, 5.41) is 47.7. The fourth-order valence-corrected chi connectivity index (χ4v) is 11.4. The van der Waals surface area contributed by atoms with Gasteiger partial charge in [-0.25, -0.2) is 0 Å². The van der Waals surface area contributed by atoms with Crippen LogP contribution in [0, 0.1) is 5.92 Å². The molecule has 4 rings (SSSR count). The van der Waals surface area contributed by atoms with Gasteiger partial charge in [-0.05, 0) is 107 Å². The second kappa shape index (κ2) is 42.5. The first-order valence-corrected chi connectivity index (χ1v) is 33.9. The maximum atomic E-state index is 14.7. The molecular formula is C63H96N20O16S. The number of guanidine groups is 2. The minimum atomic E-state index is -1.89. The third-order valence-electron chi connectivity index (χ3n) is 15.7. The van der Waals surface area contributed by atoms with Crippen molar-refractivity contribution in [2.75, 3.05) is 50.8 Å². The first kappa shape index (κ1) is 82.1. The van der Waals surface area contributed by atoms with Gasteiger partial charge in [0.05, 0.1) is 25.3 Å². The van der Waals surface area contributed by atoms with Crippen LogP contribution in [-0.2, 0) is 80.0 Å². The number of unbranched alkanes of at least 4 members (excludes halogenated alkanes) is 1. The minimum absolute atomic E-state index is 0.00662. The van der Waals surface area contributed by atoms with Gasteiger partial charge in [-0.15, -0.1) is 11.8 Å². The van der Waals surface area contributed by atoms with E-state index in [1.54, 1.807) is 44.2 Å². The van der Waals surface area contributed by atoms with Crippen LogP contribution >= 0.6 is 11.8 Å². The number of thioether (sulfide) groups is 1. The van der Waals surface area contributed by atoms with Gasteiger partial charge in [0.1, 0.15) is 66.2 Å². The van der Waals surface area contributed by atoms with Gasteiger partial charge in [0, 0.05) is 38.2 Å². The SMILES string of the molecule is CC(C)C[C@@H]1NC(=O)[C@H](Cc2ccc(O)cc2)NC(=O)CSC[C@@H](C(N)=O)NC(=O)CNC(=O)CNC(=O)[C@H](CCCN=C(N)N)NC(=O)[C@H](CC(=O)O)NC(=O)[C@H](CCCCN)NC(=O)[C@@H]2CCCN2C(=O)[C@H](C)NC(=O)[C@H](Cc2ccccc2)NC(=O)[C@H](CCCN=C(N)N)NC1=O. The van der Waals surface area contributed by atoms with E-state index < -0.39 is 168 Å². The molecule has 2 fully saturated rings. The molecule has 0 saturated carbocycles. The van der Waals surface area contributed by atoms with E-state index in [0.29, 0.717) is 17.5 Å². The Balaban J connectivity index is 1.77. The molecule has 0 spiro atoms. The number of rotatable bonds is 21. The fourth-order valence-electron chi connectivity index (χ4n) is 10.6. The van der Waals surface area contributed by atoms with Crippen molar-refractivity contribution < 1.29 is 77.3 Å². The van der Waals surface area contributed by atoms with E-state index in [1.165, 1.54) is 36.1 Å². The monoisotopic (exact) mass is 1420 g/mol. The summed E-state index contributed by atoms with van der Waals surface area (Å²) in [7, 11) is 0. The lowest BCUT2D eigenvalue weighted by Gasteiger charge is -2.30. The lowest BCUT2D eigenvalue weighted by molar-refractivity contribution is -0.143. The van der Waals surface area contributed by atoms with E-state index in [0.717, 1.165) is 11.8 Å². The lowest BCUT2D eigenvalue weighted by Crippen LogP contribution is -2.60. The van der Waals surface area contributed by atoms with Gasteiger partial charge in [0.25, 0.3) is 0 Å². The number of aliphatic imine (C=N–C) groups is 2. The molecule has 2 aromatic carbocycles. The molecule has 10 atom stereocenters. The number of carboxylic acid groups (broad SMARTS) is 1. The van der Waals surface area contributed by atoms with Gasteiger partial charge in [-0.3, -0.25) is 77.1 Å². The molecular weight excluding hydrogens is 1320 g/mol. The van der Waals surface area contributed by atoms with Gasteiger partial charge < -0.3 is 108 Å². The van der Waals surface area contributed by atoms with Gasteiger partial charge in [0.15, 0.2) is 11.9 Å². The number of phenols is 1. The van der Waals surface area contributed by atoms with Gasteiger partial charge in [-0.2, -0.15) is 0 Å². The van der Waals surface area contributed by atoms with E-state index in [2.05, 4.69) is 68.5 Å². The summed E-state index contributed by atoms with van der Waals surface area (Å²) in [6, 6.07) is -0.383. The predicted octanol–water partition coefficient (Wildman–Crippen LogP) is -6.23. The molecule has 37 heteroatoms. The maximum Gasteiger partial charge on any atom is 0.305 e. The van der Waals surface area contributed by atoms with Crippen molar-refractivity contribution in [3.63, 3.8) is 0 Å². The number of carbonyl (C=O) groups is 14. The number of primary amides is 1. The summed E-state index contributed by atoms with van der Waals surface area (Å²) < 4.78 is 0. The molecule has 2 heterocycles. The van der Waals surface area contributed by atoms with Crippen LogP contribution in [0.3, 0.4) is 0 Å². The van der Waals surface area contributed by atoms with Crippen LogP contribution in [0.4, 0.5) is 0 Å². The molecule has 100 heavy (non-hydrogen) atoms. The van der Waals surface area contributed by atoms with Crippen LogP contribution in [0.25, 0.3) is 0 Å². The van der Waals surface area contributed by atoms with Gasteiger partial charge in [-0.1, -0.05) is 56.3 Å². The smallest absolute Gasteiger partial charge is 0.305 e. The van der Waals surface area contributed by atoms with E-state index in [1.807, 2.05) is 0 Å². The number of benzene rings is 2. The Morgan fingerprint density at radius 2 is 1.05 bits per heavy atom. The Kier molecular flexibility index (Phi) is 34.9. The number of carbonyl (C=O) groups excluding carboxylic acids is 13. The topological polar surface area (TPSA) is 596 Å². The Morgan fingerprint density at radius 1 is 0.560 bits per heavy atom. The normalized spacial score (nSPS) is 23.8. The zero-order chi connectivity index (χ0) is 74.0. The van der Waals surface area contributed by atoms with Crippen LogP contribution < -0.4 is 92.9 Å². The van der Waals surface area contributed by atoms with Crippen molar-refractivity contribution in [1.82, 2.24) is 63.4 Å². The number of nitrogens with two attached hydrogens (primary N) is 6. The first-order valence-electron chi connectivity index (χ1n) is 32.7. The summed E-state index contributed by atoms with van der Waals surface area (Å²) in [6.45, 7) is 3.43. The van der Waals surface area contributed by atoms with Crippen molar-refractivity contribution >= 4 is 106 Å². The Morgan fingerprint density at radius 3 is 1.62 bits per heavy atom. The van der Waals surface area contributed by atoms with Crippen molar-refractivity contribution in [3.8, 4) is 5.75 Å². The Labute approximate surface area is 582 Å². The van der Waals surface area contributed by atoms with Crippen LogP contribution in [0.15, 0.2) is 64.6 Å². The molecule has 0 radical (unpaired) electrons. The maximum absolute atomic E-state index is 14.7. The standard InChI is InChI=1S/C63H96N20O16S/c1-34(2)26-42-57(95)78-41(16-10-24-71-63(68)69)55(93)81-44(27-36-12-5-4-6-13-36)56(94)74-35(3)61(99)83-25-11-17-47(83)60(98)79-40(14-7-8-22-64)54(92)82-45(29-51(88)89)59(97)77-39(15-9-23-70-62(66)67)53(91)73-30-48(85)72-31-49(86)76-46(52(65)90)32-100-33-50(87)75-43(58(96)80-42)28-37-18-20-38(84)21-19-37/h4-6,12-13,18-21,34-35,39-47,84H,7-11,14-17,22-33,64H2,1-3H3,(H2,65,90)(H,72,85)(H,73,91)(H,74,94)(H,75,87)(H,76,86)(H,77,97)(H,78,95)(H,79,98)(H,80,96)(H,81,93)(H,82,92)(H,88,89)(H4,66,67,70)(H4,68,69,71)/t35-,39-,40-,41-,42-,43-,44-,45-,46-,47-/m0/s1. The third kappa shape index (κ3) is 29.8. The zero-order valence-electron chi connectivity index (χ0n) is 56.2. The number of aliphatic carboxylic acids is 1. The Hall–Kier alpha value is -10.3. The largest absolute Gasteiger partial charge is 0.508 e. The van der Waals surface area contributed by atoms with Crippen LogP contribution in [0.1, 0.15) is 103 Å². The number of amides is 13. The summed E-state index contributed by atoms with van der Waals surface area (Å²) in [4.78, 5) is 203. The van der Waals surface area contributed by atoms with E-state index in [4.69, 9.17) is 34.4 Å². The number of aromatic hydroxyl groups is 1. The van der Waals surface area contributed by atoms with Gasteiger partial charge in [0.2, 0.25) is 76.8 Å². The highest BCUT2D eigenvalue weighted by atomic mass is 32.2. The highest BCUT2D eigenvalue weighted by Gasteiger charge is 2.40. The molecule has 0 unspecified atom stereocenters. The Bertz CT molecular complexity index is 3230. The number of nitrogens with zero attached hydrogens (tertiary/aromatic N) is 3. The zero-order valence-corrected chi connectivity index (χ0v) is 57.0. The highest BCUT2D eigenvalue weighted by molar-refractivity contribution is 8.00. The number of nitrogens with one attached hydrogen (secondary N) is 11. The molecule has 550 valence electrons. The van der Waals surface area contributed by atoms with E-state index in [9.17, 15) is 77.3 Å². The second-order valence-corrected chi connectivity index (χ2v) is 25.4. The van der Waals surface area contributed by atoms with E-state index in [-0.39, 0.29) is 126 Å². The van der Waals surface area contributed by atoms with Crippen LogP contribution in [0.2, 0.25) is 0 Å². The molecule has 0 aromatic heterocycles. The van der Waals surface area contributed by atoms with Crippen molar-refractivity contribution in [2.24, 2.45) is 50.3 Å². The molecule has 2 aromatic rings. The quantitative estimate of drug-likeness (QED) is 0.0314. The second-order valence-electron chi connectivity index (χ2n) is 24.4. The number of hydrogen-bond acceptors (Lipinski definition) is 19. The minimum Gasteiger partial charge on any atom is -0.508 e.